The lowest BCUT2D eigenvalue weighted by molar-refractivity contribution is 0.0704. The van der Waals surface area contributed by atoms with Crippen molar-refractivity contribution in [3.8, 4) is 0 Å². The molecule has 0 aliphatic rings. The molecule has 5 nitrogen and oxygen atoms in total. The summed E-state index contributed by atoms with van der Waals surface area (Å²) in [4.78, 5) is 0. The highest BCUT2D eigenvalue weighted by Gasteiger charge is 2.24. The van der Waals surface area contributed by atoms with E-state index in [0.717, 1.165) is 0 Å². The molecule has 2 N–H and O–H groups in total. The maximum absolute atomic E-state index is 10.2. The van der Waals surface area contributed by atoms with Crippen molar-refractivity contribution in [3.05, 3.63) is 0 Å². The first kappa shape index (κ1) is 10.8. The van der Waals surface area contributed by atoms with E-state index in [0.29, 0.717) is 0 Å². The minimum atomic E-state index is -4.42. The van der Waals surface area contributed by atoms with Crippen molar-refractivity contribution in [2.45, 2.75) is 25.9 Å². The number of hydrogen-bond donors (Lipinski definition) is 2. The van der Waals surface area contributed by atoms with E-state index in [9.17, 15) is 8.42 Å². The average Bonchev–Trinajstić information content (AvgIpc) is 1.55. The largest absolute Gasteiger partial charge is 0.397 e. The van der Waals surface area contributed by atoms with Gasteiger partial charge in [-0.3, -0.25) is 4.55 Å². The lowest BCUT2D eigenvalue weighted by atomic mass is 10.1. The summed E-state index contributed by atoms with van der Waals surface area (Å²) in [5.74, 6) is 0. The molecule has 0 radical (unpaired) electrons. The standard InChI is InChI=1S/C5H12O5S/c1-5(2,3-4-6)10-11(7,8)9/h6H,3-4H2,1-2H3,(H,7,8,9). The fourth-order valence-electron chi connectivity index (χ4n) is 0.596. The van der Waals surface area contributed by atoms with Gasteiger partial charge in [-0.05, 0) is 13.8 Å². The molecule has 0 bridgehead atoms. The molecule has 0 aromatic carbocycles. The second kappa shape index (κ2) is 3.48. The number of hydrogen-bond acceptors (Lipinski definition) is 4. The zero-order valence-electron chi connectivity index (χ0n) is 6.44. The third-order valence-electron chi connectivity index (χ3n) is 1.04. The molecule has 0 saturated carbocycles. The van der Waals surface area contributed by atoms with Crippen LogP contribution in [-0.2, 0) is 14.6 Å². The van der Waals surface area contributed by atoms with Crippen LogP contribution in [0.4, 0.5) is 0 Å². The van der Waals surface area contributed by atoms with Gasteiger partial charge in [0.15, 0.2) is 0 Å². The lowest BCUT2D eigenvalue weighted by Crippen LogP contribution is -2.28. The van der Waals surface area contributed by atoms with Crippen molar-refractivity contribution in [3.63, 3.8) is 0 Å². The summed E-state index contributed by atoms with van der Waals surface area (Å²) < 4.78 is 32.8. The molecule has 11 heavy (non-hydrogen) atoms. The van der Waals surface area contributed by atoms with Crippen molar-refractivity contribution in [2.75, 3.05) is 6.61 Å². The van der Waals surface area contributed by atoms with Crippen LogP contribution in [0.25, 0.3) is 0 Å². The Morgan fingerprint density at radius 3 is 2.18 bits per heavy atom. The molecule has 0 amide bonds. The summed E-state index contributed by atoms with van der Waals surface area (Å²) in [6.45, 7) is 2.72. The third kappa shape index (κ3) is 6.24. The fourth-order valence-corrected chi connectivity index (χ4v) is 1.25. The molecule has 0 atom stereocenters. The summed E-state index contributed by atoms with van der Waals surface area (Å²) in [7, 11) is -4.42. The van der Waals surface area contributed by atoms with Gasteiger partial charge < -0.3 is 5.11 Å². The Balaban J connectivity index is 4.13. The first-order valence-electron chi connectivity index (χ1n) is 3.06. The molecule has 6 heteroatoms. The highest BCUT2D eigenvalue weighted by Crippen LogP contribution is 2.15. The SMILES string of the molecule is CC(C)(CCO)OS(=O)(=O)O. The van der Waals surface area contributed by atoms with Crippen LogP contribution >= 0.6 is 0 Å². The van der Waals surface area contributed by atoms with Gasteiger partial charge in [0.1, 0.15) is 0 Å². The van der Waals surface area contributed by atoms with Crippen LogP contribution < -0.4 is 0 Å². The maximum Gasteiger partial charge on any atom is 0.397 e. The van der Waals surface area contributed by atoms with Crippen molar-refractivity contribution < 1.29 is 22.3 Å². The summed E-state index contributed by atoms with van der Waals surface area (Å²) in [5.41, 5.74) is -1.05. The van der Waals surface area contributed by atoms with Crippen LogP contribution in [0.3, 0.4) is 0 Å². The zero-order chi connectivity index (χ0) is 9.12. The predicted octanol–water partition coefficient (Wildman–Crippen LogP) is -0.0332. The van der Waals surface area contributed by atoms with E-state index < -0.39 is 16.0 Å². The second-order valence-electron chi connectivity index (χ2n) is 2.74. The minimum absolute atomic E-state index is 0.146. The van der Waals surface area contributed by atoms with E-state index >= 15 is 0 Å². The van der Waals surface area contributed by atoms with Gasteiger partial charge in [-0.25, -0.2) is 4.18 Å². The molecule has 0 heterocycles. The Hall–Kier alpha value is -0.170. The van der Waals surface area contributed by atoms with Crippen LogP contribution in [0, 0.1) is 0 Å². The van der Waals surface area contributed by atoms with Crippen LogP contribution in [-0.4, -0.2) is 30.3 Å². The molecule has 0 spiro atoms. The van der Waals surface area contributed by atoms with E-state index in [2.05, 4.69) is 4.18 Å². The van der Waals surface area contributed by atoms with Gasteiger partial charge >= 0.3 is 10.4 Å². The van der Waals surface area contributed by atoms with Crippen LogP contribution in [0.2, 0.25) is 0 Å². The molecule has 68 valence electrons. The average molecular weight is 184 g/mol. The van der Waals surface area contributed by atoms with Gasteiger partial charge in [-0.2, -0.15) is 8.42 Å². The molecular formula is C5H12O5S. The maximum atomic E-state index is 10.2. The lowest BCUT2D eigenvalue weighted by Gasteiger charge is -2.20. The highest BCUT2D eigenvalue weighted by molar-refractivity contribution is 7.80. The summed E-state index contributed by atoms with van der Waals surface area (Å²) >= 11 is 0. The van der Waals surface area contributed by atoms with Crippen LogP contribution in [0.1, 0.15) is 20.3 Å². The molecule has 0 fully saturated rings. The molecule has 0 aliphatic heterocycles. The number of rotatable bonds is 4. The van der Waals surface area contributed by atoms with Crippen molar-refractivity contribution >= 4 is 10.4 Å². The Morgan fingerprint density at radius 2 is 1.91 bits per heavy atom. The van der Waals surface area contributed by atoms with Gasteiger partial charge in [-0.1, -0.05) is 0 Å². The van der Waals surface area contributed by atoms with Crippen LogP contribution in [0.5, 0.6) is 0 Å². The Kier molecular flexibility index (Phi) is 3.43. The van der Waals surface area contributed by atoms with Gasteiger partial charge in [0, 0.05) is 13.0 Å². The fraction of sp³-hybridized carbons (Fsp3) is 1.00. The summed E-state index contributed by atoms with van der Waals surface area (Å²) in [5, 5.41) is 8.44. The van der Waals surface area contributed by atoms with Crippen LogP contribution in [0.15, 0.2) is 0 Å². The normalized spacial score (nSPS) is 13.5. The van der Waals surface area contributed by atoms with Crippen molar-refractivity contribution in [2.24, 2.45) is 0 Å². The Bertz CT molecular complexity index is 205. The van der Waals surface area contributed by atoms with Crippen molar-refractivity contribution in [1.29, 1.82) is 0 Å². The first-order valence-corrected chi connectivity index (χ1v) is 4.42. The topological polar surface area (TPSA) is 83.8 Å². The molecule has 0 rings (SSSR count). The highest BCUT2D eigenvalue weighted by atomic mass is 32.3. The van der Waals surface area contributed by atoms with Crippen molar-refractivity contribution in [1.82, 2.24) is 0 Å². The predicted molar refractivity (Wildman–Crippen MR) is 38.4 cm³/mol. The Labute approximate surface area is 65.9 Å². The number of aliphatic hydroxyl groups excluding tert-OH is 1. The number of aliphatic hydroxyl groups is 1. The van der Waals surface area contributed by atoms with E-state index in [1.54, 1.807) is 0 Å². The molecule has 0 saturated heterocycles. The summed E-state index contributed by atoms with van der Waals surface area (Å²) in [6.07, 6.45) is 0.146. The second-order valence-corrected chi connectivity index (χ2v) is 3.77. The molecule has 0 aliphatic carbocycles. The molecule has 0 aromatic heterocycles. The smallest absolute Gasteiger partial charge is 0.396 e. The Morgan fingerprint density at radius 1 is 1.45 bits per heavy atom. The van der Waals surface area contributed by atoms with Gasteiger partial charge in [0.05, 0.1) is 5.60 Å². The monoisotopic (exact) mass is 184 g/mol. The van der Waals surface area contributed by atoms with Gasteiger partial charge in [0.2, 0.25) is 0 Å². The van der Waals surface area contributed by atoms with Gasteiger partial charge in [0.25, 0.3) is 0 Å². The van der Waals surface area contributed by atoms with E-state index in [1.165, 1.54) is 13.8 Å². The quantitative estimate of drug-likeness (QED) is 0.599. The third-order valence-corrected chi connectivity index (χ3v) is 1.71. The molecule has 0 aromatic rings. The van der Waals surface area contributed by atoms with E-state index in [1.807, 2.05) is 0 Å². The van der Waals surface area contributed by atoms with Gasteiger partial charge in [-0.15, -0.1) is 0 Å². The molecular weight excluding hydrogens is 172 g/mol. The van der Waals surface area contributed by atoms with E-state index in [4.69, 9.17) is 9.66 Å². The molecule has 0 unspecified atom stereocenters. The first-order chi connectivity index (χ1) is 4.77. The summed E-state index contributed by atoms with van der Waals surface area (Å²) in [6, 6.07) is 0. The van der Waals surface area contributed by atoms with E-state index in [-0.39, 0.29) is 13.0 Å². The minimum Gasteiger partial charge on any atom is -0.396 e. The zero-order valence-corrected chi connectivity index (χ0v) is 7.26.